The fraction of sp³-hybridized carbons (Fsp3) is 0.733. The van der Waals surface area contributed by atoms with Crippen LogP contribution in [0.2, 0.25) is 0 Å². The molecule has 0 aromatic heterocycles. The molecule has 0 radical (unpaired) electrons. The Morgan fingerprint density at radius 1 is 1.00 bits per heavy atom. The third kappa shape index (κ3) is 13.8. The number of hydrogen-bond donors (Lipinski definition) is 0. The Morgan fingerprint density at radius 3 is 2.50 bits per heavy atom. The second-order valence-electron chi connectivity index (χ2n) is 4.07. The van der Waals surface area contributed by atoms with Gasteiger partial charge in [-0.3, -0.25) is 0 Å². The fourth-order valence-corrected chi connectivity index (χ4v) is 1.83. The van der Waals surface area contributed by atoms with Crippen LogP contribution < -0.4 is 0 Å². The van der Waals surface area contributed by atoms with Crippen molar-refractivity contribution in [3.05, 3.63) is 12.2 Å². The quantitative estimate of drug-likeness (QED) is 0.299. The number of alkyl halides is 1. The minimum atomic E-state index is 1.06. The van der Waals surface area contributed by atoms with Gasteiger partial charge in [-0.25, -0.2) is 0 Å². The molecule has 1 heteroatoms. The van der Waals surface area contributed by atoms with E-state index in [1.54, 1.807) is 0 Å². The summed E-state index contributed by atoms with van der Waals surface area (Å²) in [7, 11) is 0. The molecule has 0 aromatic carbocycles. The summed E-state index contributed by atoms with van der Waals surface area (Å²) < 4.78 is 0. The van der Waals surface area contributed by atoms with Gasteiger partial charge in [0.05, 0.1) is 0 Å². The number of halogens is 1. The highest BCUT2D eigenvalue weighted by Crippen LogP contribution is 2.05. The van der Waals surface area contributed by atoms with E-state index in [-0.39, 0.29) is 0 Å². The van der Waals surface area contributed by atoms with Gasteiger partial charge in [0, 0.05) is 11.8 Å². The number of unbranched alkanes of at least 4 members (excludes halogenated alkanes) is 7. The van der Waals surface area contributed by atoms with Crippen LogP contribution in [0.5, 0.6) is 0 Å². The van der Waals surface area contributed by atoms with Gasteiger partial charge in [0.2, 0.25) is 0 Å². The van der Waals surface area contributed by atoms with E-state index in [1.807, 2.05) is 6.08 Å². The van der Waals surface area contributed by atoms with Crippen molar-refractivity contribution >= 4 is 15.9 Å². The van der Waals surface area contributed by atoms with Crippen LogP contribution >= 0.6 is 15.9 Å². The molecule has 0 atom stereocenters. The highest BCUT2D eigenvalue weighted by Gasteiger charge is 1.87. The molecule has 0 nitrogen and oxygen atoms in total. The summed E-state index contributed by atoms with van der Waals surface area (Å²) in [5, 5.41) is 1.15. The average molecular weight is 285 g/mol. The standard InChI is InChI=1S/C15H25Br/c1-2-3-4-5-6-7-8-9-10-11-12-13-14-15-16/h5-6H,2-4,9-15H2,1H3/b6-5-. The number of hydrogen-bond acceptors (Lipinski definition) is 0. The van der Waals surface area contributed by atoms with E-state index in [9.17, 15) is 0 Å². The SMILES string of the molecule is CCCC/C=C\C#CCCCCCCCBr. The van der Waals surface area contributed by atoms with E-state index in [2.05, 4.69) is 40.8 Å². The molecule has 0 unspecified atom stereocenters. The molecular weight excluding hydrogens is 260 g/mol. The second kappa shape index (κ2) is 14.8. The minimum Gasteiger partial charge on any atom is -0.0985 e. The fourth-order valence-electron chi connectivity index (χ4n) is 1.43. The Kier molecular flexibility index (Phi) is 14.6. The van der Waals surface area contributed by atoms with E-state index in [0.29, 0.717) is 0 Å². The van der Waals surface area contributed by atoms with Gasteiger partial charge in [-0.1, -0.05) is 72.9 Å². The topological polar surface area (TPSA) is 0 Å². The Labute approximate surface area is 110 Å². The van der Waals surface area contributed by atoms with Crippen LogP contribution in [0, 0.1) is 11.8 Å². The van der Waals surface area contributed by atoms with Crippen molar-refractivity contribution in [1.29, 1.82) is 0 Å². The van der Waals surface area contributed by atoms with Crippen LogP contribution in [0.25, 0.3) is 0 Å². The van der Waals surface area contributed by atoms with Crippen LogP contribution in [-0.2, 0) is 0 Å². The van der Waals surface area contributed by atoms with E-state index in [0.717, 1.165) is 11.8 Å². The van der Waals surface area contributed by atoms with Crippen LogP contribution in [-0.4, -0.2) is 5.33 Å². The molecule has 0 spiro atoms. The van der Waals surface area contributed by atoms with Gasteiger partial charge in [0.25, 0.3) is 0 Å². The lowest BCUT2D eigenvalue weighted by atomic mass is 10.1. The molecule has 0 saturated carbocycles. The van der Waals surface area contributed by atoms with Crippen LogP contribution in [0.4, 0.5) is 0 Å². The van der Waals surface area contributed by atoms with Crippen LogP contribution in [0.15, 0.2) is 12.2 Å². The predicted octanol–water partition coefficient (Wildman–Crippen LogP) is 5.47. The predicted molar refractivity (Wildman–Crippen MR) is 77.9 cm³/mol. The van der Waals surface area contributed by atoms with Crippen molar-refractivity contribution in [2.75, 3.05) is 5.33 Å². The number of allylic oxidation sites excluding steroid dienone is 2. The van der Waals surface area contributed by atoms with Gasteiger partial charge in [-0.15, -0.1) is 0 Å². The molecule has 0 heterocycles. The first-order valence-corrected chi connectivity index (χ1v) is 7.73. The first-order chi connectivity index (χ1) is 7.91. The summed E-state index contributed by atoms with van der Waals surface area (Å²) in [6.45, 7) is 2.22. The third-order valence-corrected chi connectivity index (χ3v) is 3.02. The molecule has 0 aliphatic rings. The normalized spacial score (nSPS) is 10.4. The summed E-state index contributed by atoms with van der Waals surface area (Å²) in [6, 6.07) is 0. The third-order valence-electron chi connectivity index (χ3n) is 2.46. The summed E-state index contributed by atoms with van der Waals surface area (Å²) in [5.74, 6) is 6.32. The lowest BCUT2D eigenvalue weighted by Crippen LogP contribution is -1.79. The summed E-state index contributed by atoms with van der Waals surface area (Å²) in [6.07, 6.45) is 15.6. The first-order valence-electron chi connectivity index (χ1n) is 6.61. The van der Waals surface area contributed by atoms with Gasteiger partial charge in [-0.2, -0.15) is 0 Å². The molecule has 0 amide bonds. The zero-order valence-corrected chi connectivity index (χ0v) is 12.2. The zero-order chi connectivity index (χ0) is 11.9. The van der Waals surface area contributed by atoms with Crippen molar-refractivity contribution in [3.8, 4) is 11.8 Å². The largest absolute Gasteiger partial charge is 0.0985 e. The molecule has 0 aliphatic carbocycles. The van der Waals surface area contributed by atoms with Gasteiger partial charge < -0.3 is 0 Å². The molecule has 0 rings (SSSR count). The summed E-state index contributed by atoms with van der Waals surface area (Å²) in [5.41, 5.74) is 0. The van der Waals surface area contributed by atoms with Crippen molar-refractivity contribution in [3.63, 3.8) is 0 Å². The molecule has 0 N–H and O–H groups in total. The molecule has 0 aromatic rings. The van der Waals surface area contributed by atoms with Crippen molar-refractivity contribution < 1.29 is 0 Å². The highest BCUT2D eigenvalue weighted by molar-refractivity contribution is 9.09. The highest BCUT2D eigenvalue weighted by atomic mass is 79.9. The van der Waals surface area contributed by atoms with E-state index in [4.69, 9.17) is 0 Å². The van der Waals surface area contributed by atoms with Crippen molar-refractivity contribution in [2.45, 2.75) is 64.7 Å². The van der Waals surface area contributed by atoms with Gasteiger partial charge in [0.1, 0.15) is 0 Å². The van der Waals surface area contributed by atoms with E-state index in [1.165, 1.54) is 51.4 Å². The van der Waals surface area contributed by atoms with Gasteiger partial charge in [-0.05, 0) is 25.3 Å². The van der Waals surface area contributed by atoms with Gasteiger partial charge in [0.15, 0.2) is 0 Å². The summed E-state index contributed by atoms with van der Waals surface area (Å²) in [4.78, 5) is 0. The number of rotatable bonds is 9. The molecule has 92 valence electrons. The van der Waals surface area contributed by atoms with Crippen molar-refractivity contribution in [2.24, 2.45) is 0 Å². The lowest BCUT2D eigenvalue weighted by molar-refractivity contribution is 0.645. The maximum absolute atomic E-state index is 3.45. The Morgan fingerprint density at radius 2 is 1.75 bits per heavy atom. The van der Waals surface area contributed by atoms with Gasteiger partial charge >= 0.3 is 0 Å². The Hall–Kier alpha value is -0.220. The van der Waals surface area contributed by atoms with E-state index >= 15 is 0 Å². The summed E-state index contributed by atoms with van der Waals surface area (Å²) >= 11 is 3.45. The smallest absolute Gasteiger partial charge is 0.00922 e. The van der Waals surface area contributed by atoms with Crippen molar-refractivity contribution in [1.82, 2.24) is 0 Å². The van der Waals surface area contributed by atoms with Crippen LogP contribution in [0.3, 0.4) is 0 Å². The minimum absolute atomic E-state index is 1.06. The molecule has 0 aliphatic heterocycles. The molecule has 0 fully saturated rings. The Bertz CT molecular complexity index is 207. The maximum atomic E-state index is 3.45. The second-order valence-corrected chi connectivity index (χ2v) is 4.87. The Balaban J connectivity index is 3.18. The molecule has 16 heavy (non-hydrogen) atoms. The molecule has 0 saturated heterocycles. The van der Waals surface area contributed by atoms with Crippen LogP contribution in [0.1, 0.15) is 64.7 Å². The molecular formula is C15H25Br. The molecule has 0 bridgehead atoms. The first kappa shape index (κ1) is 15.8. The zero-order valence-electron chi connectivity index (χ0n) is 10.6. The average Bonchev–Trinajstić information content (AvgIpc) is 2.31. The van der Waals surface area contributed by atoms with E-state index < -0.39 is 0 Å². The monoisotopic (exact) mass is 284 g/mol. The lowest BCUT2D eigenvalue weighted by Gasteiger charge is -1.95. The maximum Gasteiger partial charge on any atom is 0.00922 e.